The van der Waals surface area contributed by atoms with Crippen LogP contribution in [-0.2, 0) is 6.18 Å². The third-order valence-electron chi connectivity index (χ3n) is 5.11. The van der Waals surface area contributed by atoms with Gasteiger partial charge in [-0.05, 0) is 48.9 Å². The number of aromatic nitrogens is 3. The molecule has 182 valence electrons. The van der Waals surface area contributed by atoms with E-state index in [9.17, 15) is 31.9 Å². The first-order valence-corrected chi connectivity index (χ1v) is 10.0. The van der Waals surface area contributed by atoms with Crippen molar-refractivity contribution in [3.05, 3.63) is 71.7 Å². The van der Waals surface area contributed by atoms with Gasteiger partial charge in [0.15, 0.2) is 5.82 Å². The Bertz CT molecular complexity index is 1430. The van der Waals surface area contributed by atoms with Crippen molar-refractivity contribution in [3.8, 4) is 11.1 Å². The molecule has 13 heteroatoms. The summed E-state index contributed by atoms with van der Waals surface area (Å²) in [7, 11) is 0. The second kappa shape index (κ2) is 8.83. The van der Waals surface area contributed by atoms with E-state index in [4.69, 9.17) is 5.73 Å². The topological polar surface area (TPSA) is 118 Å². The average Bonchev–Trinajstić information content (AvgIpc) is 3.17. The molecule has 0 aliphatic heterocycles. The van der Waals surface area contributed by atoms with Gasteiger partial charge in [-0.25, -0.2) is 23.1 Å². The van der Waals surface area contributed by atoms with Crippen molar-refractivity contribution in [1.29, 1.82) is 0 Å². The van der Waals surface area contributed by atoms with Crippen LogP contribution in [0.5, 0.6) is 0 Å². The molecular formula is C22H17F5N6O2. The summed E-state index contributed by atoms with van der Waals surface area (Å²) >= 11 is 0. The molecule has 0 saturated carbocycles. The number of carbonyl (C=O) groups excluding carboxylic acids is 1. The van der Waals surface area contributed by atoms with E-state index in [0.717, 1.165) is 6.07 Å². The van der Waals surface area contributed by atoms with E-state index in [1.807, 2.05) is 5.32 Å². The highest BCUT2D eigenvalue weighted by atomic mass is 19.4. The lowest BCUT2D eigenvalue weighted by molar-refractivity contribution is -0.137. The second-order valence-corrected chi connectivity index (χ2v) is 7.53. The molecule has 2 aromatic carbocycles. The number of urea groups is 1. The standard InChI is InChI=1S/C22H17F5N6O2/c1-10(34)18-8-13(19-20(28)29-9-30-33(18)19)11-2-5-16(15(24)6-11)31-21(35)32-17-7-12(22(25,26)27)3-4-14(17)23/h2-10,34H,1H3,(H2,28,29,30)(H2,31,32,35). The van der Waals surface area contributed by atoms with Gasteiger partial charge in [0.25, 0.3) is 0 Å². The van der Waals surface area contributed by atoms with E-state index in [2.05, 4.69) is 15.4 Å². The molecule has 5 N–H and O–H groups in total. The minimum atomic E-state index is -4.74. The van der Waals surface area contributed by atoms with Crippen LogP contribution in [-0.4, -0.2) is 25.7 Å². The van der Waals surface area contributed by atoms with Crippen molar-refractivity contribution in [1.82, 2.24) is 14.6 Å². The monoisotopic (exact) mass is 492 g/mol. The van der Waals surface area contributed by atoms with Gasteiger partial charge in [0, 0.05) is 5.56 Å². The average molecular weight is 492 g/mol. The molecule has 0 fully saturated rings. The number of nitrogens with one attached hydrogen (secondary N) is 2. The van der Waals surface area contributed by atoms with Crippen LogP contribution in [0.4, 0.5) is 43.9 Å². The minimum Gasteiger partial charge on any atom is -0.387 e. The van der Waals surface area contributed by atoms with Crippen molar-refractivity contribution in [2.75, 3.05) is 16.4 Å². The molecule has 0 saturated heterocycles. The van der Waals surface area contributed by atoms with Crippen molar-refractivity contribution in [3.63, 3.8) is 0 Å². The fourth-order valence-electron chi connectivity index (χ4n) is 3.47. The van der Waals surface area contributed by atoms with Crippen LogP contribution >= 0.6 is 0 Å². The van der Waals surface area contributed by atoms with E-state index < -0.39 is 41.2 Å². The Morgan fingerprint density at radius 2 is 1.77 bits per heavy atom. The highest BCUT2D eigenvalue weighted by Gasteiger charge is 2.31. The van der Waals surface area contributed by atoms with Gasteiger partial charge in [-0.1, -0.05) is 6.07 Å². The molecule has 0 radical (unpaired) electrons. The first-order valence-electron chi connectivity index (χ1n) is 10.0. The molecule has 0 bridgehead atoms. The Balaban J connectivity index is 1.60. The van der Waals surface area contributed by atoms with E-state index in [1.165, 1.54) is 29.9 Å². The van der Waals surface area contributed by atoms with Gasteiger partial charge in [-0.15, -0.1) is 0 Å². The molecule has 0 spiro atoms. The van der Waals surface area contributed by atoms with E-state index >= 15 is 0 Å². The predicted molar refractivity (Wildman–Crippen MR) is 117 cm³/mol. The van der Waals surface area contributed by atoms with Crippen molar-refractivity contribution in [2.24, 2.45) is 0 Å². The molecule has 35 heavy (non-hydrogen) atoms. The molecule has 1 atom stereocenters. The summed E-state index contributed by atoms with van der Waals surface area (Å²) < 4.78 is 68.6. The Morgan fingerprint density at radius 1 is 1.06 bits per heavy atom. The minimum absolute atomic E-state index is 0.0898. The van der Waals surface area contributed by atoms with Gasteiger partial charge in [0.2, 0.25) is 0 Å². The summed E-state index contributed by atoms with van der Waals surface area (Å²) in [5, 5.41) is 18.2. The number of benzene rings is 2. The molecule has 2 amide bonds. The smallest absolute Gasteiger partial charge is 0.387 e. The number of rotatable bonds is 4. The zero-order valence-corrected chi connectivity index (χ0v) is 17.9. The van der Waals surface area contributed by atoms with Crippen LogP contribution in [0, 0.1) is 11.6 Å². The molecule has 8 nitrogen and oxygen atoms in total. The van der Waals surface area contributed by atoms with Gasteiger partial charge >= 0.3 is 12.2 Å². The molecule has 1 unspecified atom stereocenters. The Hall–Kier alpha value is -4.26. The molecule has 4 aromatic rings. The highest BCUT2D eigenvalue weighted by molar-refractivity contribution is 6.00. The third kappa shape index (κ3) is 4.71. The number of nitrogens with two attached hydrogens (primary N) is 1. The molecule has 2 aromatic heterocycles. The van der Waals surface area contributed by atoms with Gasteiger partial charge < -0.3 is 21.5 Å². The summed E-state index contributed by atoms with van der Waals surface area (Å²) in [6, 6.07) is 5.66. The fourth-order valence-corrected chi connectivity index (χ4v) is 3.47. The summed E-state index contributed by atoms with van der Waals surface area (Å²) in [5.74, 6) is -1.90. The highest BCUT2D eigenvalue weighted by Crippen LogP contribution is 2.34. The Kier molecular flexibility index (Phi) is 6.03. The number of amides is 2. The van der Waals surface area contributed by atoms with Crippen molar-refractivity contribution in [2.45, 2.75) is 19.2 Å². The summed E-state index contributed by atoms with van der Waals surface area (Å²) in [6.45, 7) is 1.52. The van der Waals surface area contributed by atoms with E-state index in [-0.39, 0.29) is 11.5 Å². The molecule has 2 heterocycles. The van der Waals surface area contributed by atoms with Gasteiger partial charge in [-0.2, -0.15) is 18.3 Å². The Labute approximate surface area is 194 Å². The number of fused-ring (bicyclic) bond motifs is 1. The fraction of sp³-hybridized carbons (Fsp3) is 0.136. The number of nitrogen functional groups attached to an aromatic ring is 1. The number of aliphatic hydroxyl groups is 1. The maximum Gasteiger partial charge on any atom is 0.416 e. The van der Waals surface area contributed by atoms with E-state index in [1.54, 1.807) is 6.07 Å². The predicted octanol–water partition coefficient (Wildman–Crippen LogP) is 4.97. The number of anilines is 3. The van der Waals surface area contributed by atoms with Crippen LogP contribution in [0.15, 0.2) is 48.8 Å². The lowest BCUT2D eigenvalue weighted by atomic mass is 10.1. The number of aliphatic hydroxyl groups excluding tert-OH is 1. The maximum atomic E-state index is 14.8. The van der Waals surface area contributed by atoms with Gasteiger partial charge in [-0.3, -0.25) is 0 Å². The number of halogens is 5. The quantitative estimate of drug-likeness (QED) is 0.300. The van der Waals surface area contributed by atoms with Crippen LogP contribution in [0.1, 0.15) is 24.3 Å². The summed E-state index contributed by atoms with van der Waals surface area (Å²) in [4.78, 5) is 16.1. The largest absolute Gasteiger partial charge is 0.416 e. The molecule has 4 rings (SSSR count). The normalized spacial score (nSPS) is 12.5. The lowest BCUT2D eigenvalue weighted by Gasteiger charge is -2.12. The van der Waals surface area contributed by atoms with E-state index in [0.29, 0.717) is 40.5 Å². The molecular weight excluding hydrogens is 475 g/mol. The zero-order chi connectivity index (χ0) is 25.5. The van der Waals surface area contributed by atoms with Crippen molar-refractivity contribution < 1.29 is 31.9 Å². The van der Waals surface area contributed by atoms with Crippen LogP contribution < -0.4 is 16.4 Å². The number of alkyl halides is 3. The number of carbonyl (C=O) groups is 1. The first-order chi connectivity index (χ1) is 16.5. The second-order valence-electron chi connectivity index (χ2n) is 7.53. The summed E-state index contributed by atoms with van der Waals surface area (Å²) in [6.07, 6.45) is -4.46. The lowest BCUT2D eigenvalue weighted by Crippen LogP contribution is -2.21. The van der Waals surface area contributed by atoms with Crippen LogP contribution in [0.25, 0.3) is 16.6 Å². The van der Waals surface area contributed by atoms with Gasteiger partial charge in [0.1, 0.15) is 23.5 Å². The van der Waals surface area contributed by atoms with Crippen LogP contribution in [0.3, 0.4) is 0 Å². The number of hydrogen-bond acceptors (Lipinski definition) is 5. The molecule has 0 aliphatic carbocycles. The molecule has 0 aliphatic rings. The van der Waals surface area contributed by atoms with Crippen LogP contribution in [0.2, 0.25) is 0 Å². The van der Waals surface area contributed by atoms with Gasteiger partial charge in [0.05, 0.1) is 28.7 Å². The number of nitrogens with zero attached hydrogens (tertiary/aromatic N) is 3. The van der Waals surface area contributed by atoms with Crippen molar-refractivity contribution >= 4 is 28.7 Å². The first kappa shape index (κ1) is 23.9. The Morgan fingerprint density at radius 3 is 2.43 bits per heavy atom. The SMILES string of the molecule is CC(O)c1cc(-c2ccc(NC(=O)Nc3cc(C(F)(F)F)ccc3F)c(F)c2)c2c(N)ncnn12. The maximum absolute atomic E-state index is 14.8. The third-order valence-corrected chi connectivity index (χ3v) is 5.11. The summed E-state index contributed by atoms with van der Waals surface area (Å²) in [5.41, 5.74) is 5.20. The number of hydrogen-bond donors (Lipinski definition) is 4. The zero-order valence-electron chi connectivity index (χ0n) is 17.9.